The van der Waals surface area contributed by atoms with Crippen LogP contribution in [0.25, 0.3) is 17.0 Å². The lowest BCUT2D eigenvalue weighted by Crippen LogP contribution is -2.14. The number of benzene rings is 2. The highest BCUT2D eigenvalue weighted by Gasteiger charge is 2.27. The summed E-state index contributed by atoms with van der Waals surface area (Å²) in [5.74, 6) is 0. The molecule has 3 heteroatoms. The van der Waals surface area contributed by atoms with Gasteiger partial charge in [-0.05, 0) is 24.5 Å². The van der Waals surface area contributed by atoms with Gasteiger partial charge in [0.15, 0.2) is 5.16 Å². The quantitative estimate of drug-likeness (QED) is 0.533. The number of aromatic nitrogens is 2. The third-order valence-electron chi connectivity index (χ3n) is 4.79. The minimum absolute atomic E-state index is 0.471. The summed E-state index contributed by atoms with van der Waals surface area (Å²) in [6.07, 6.45) is 5.66. The predicted molar refractivity (Wildman–Crippen MR) is 111 cm³/mol. The van der Waals surface area contributed by atoms with Gasteiger partial charge in [0.1, 0.15) is 0 Å². The van der Waals surface area contributed by atoms with Crippen molar-refractivity contribution in [2.24, 2.45) is 0 Å². The number of imidazole rings is 1. The second-order valence-electron chi connectivity index (χ2n) is 6.62. The summed E-state index contributed by atoms with van der Waals surface area (Å²) in [6, 6.07) is 21.3. The van der Waals surface area contributed by atoms with E-state index in [-0.39, 0.29) is 0 Å². The molecule has 2 aromatic carbocycles. The number of thioether (sulfide) groups is 1. The topological polar surface area (TPSA) is 17.8 Å². The van der Waals surface area contributed by atoms with Gasteiger partial charge in [-0.25, -0.2) is 4.98 Å². The van der Waals surface area contributed by atoms with Gasteiger partial charge in [-0.1, -0.05) is 92.7 Å². The first-order chi connectivity index (χ1) is 12.8. The lowest BCUT2D eigenvalue weighted by atomic mass is 10.1. The highest BCUT2D eigenvalue weighted by atomic mass is 32.2. The Morgan fingerprint density at radius 3 is 2.19 bits per heavy atom. The minimum Gasteiger partial charge on any atom is -0.291 e. The molecule has 0 bridgehead atoms. The third-order valence-corrected chi connectivity index (χ3v) is 6.05. The Labute approximate surface area is 160 Å². The molecule has 1 aliphatic rings. The second kappa shape index (κ2) is 7.55. The summed E-state index contributed by atoms with van der Waals surface area (Å²) in [7, 11) is 0. The van der Waals surface area contributed by atoms with Crippen LogP contribution >= 0.6 is 11.8 Å². The smallest absolute Gasteiger partial charge is 0.174 e. The monoisotopic (exact) mass is 360 g/mol. The second-order valence-corrected chi connectivity index (χ2v) is 7.83. The van der Waals surface area contributed by atoms with Crippen molar-refractivity contribution < 1.29 is 0 Å². The summed E-state index contributed by atoms with van der Waals surface area (Å²) in [4.78, 5) is 5.10. The number of fused-ring (bicyclic) bond motifs is 1. The molecule has 4 rings (SSSR count). The van der Waals surface area contributed by atoms with Crippen molar-refractivity contribution in [2.45, 2.75) is 43.5 Å². The third kappa shape index (κ3) is 3.12. The summed E-state index contributed by atoms with van der Waals surface area (Å²) in [5.41, 5.74) is 6.21. The van der Waals surface area contributed by atoms with Crippen LogP contribution in [0.3, 0.4) is 0 Å². The summed E-state index contributed by atoms with van der Waals surface area (Å²) in [6.45, 7) is 4.49. The summed E-state index contributed by atoms with van der Waals surface area (Å²) >= 11 is 1.89. The highest BCUT2D eigenvalue weighted by Crippen LogP contribution is 2.40. The van der Waals surface area contributed by atoms with Crippen molar-refractivity contribution in [1.82, 2.24) is 9.55 Å². The Morgan fingerprint density at radius 2 is 1.58 bits per heavy atom. The Kier molecular flexibility index (Phi) is 4.98. The van der Waals surface area contributed by atoms with E-state index in [1.54, 1.807) is 0 Å². The van der Waals surface area contributed by atoms with Crippen LogP contribution in [-0.4, -0.2) is 14.8 Å². The Hall–Kier alpha value is -2.26. The van der Waals surface area contributed by atoms with E-state index >= 15 is 0 Å². The largest absolute Gasteiger partial charge is 0.291 e. The van der Waals surface area contributed by atoms with Crippen LogP contribution in [-0.2, 0) is 6.42 Å². The maximum Gasteiger partial charge on any atom is 0.174 e. The normalized spacial score (nSPS) is 16.2. The zero-order valence-electron chi connectivity index (χ0n) is 15.4. The van der Waals surface area contributed by atoms with Crippen molar-refractivity contribution in [2.75, 3.05) is 0 Å². The molecule has 0 fully saturated rings. The number of nitrogens with zero attached hydrogens (tertiary/aromatic N) is 2. The fourth-order valence-corrected chi connectivity index (χ4v) is 4.60. The molecular formula is C23H24N2S. The van der Waals surface area contributed by atoms with Gasteiger partial charge in [0.05, 0.1) is 17.1 Å². The van der Waals surface area contributed by atoms with E-state index in [1.165, 1.54) is 22.5 Å². The molecule has 0 aliphatic carbocycles. The highest BCUT2D eigenvalue weighted by molar-refractivity contribution is 8.00. The number of rotatable bonds is 5. The van der Waals surface area contributed by atoms with Gasteiger partial charge in [-0.3, -0.25) is 4.57 Å². The fourth-order valence-electron chi connectivity index (χ4n) is 3.51. The van der Waals surface area contributed by atoms with Crippen molar-refractivity contribution in [3.8, 4) is 11.3 Å². The zero-order valence-corrected chi connectivity index (χ0v) is 16.2. The first-order valence-electron chi connectivity index (χ1n) is 9.43. The molecule has 26 heavy (non-hydrogen) atoms. The van der Waals surface area contributed by atoms with Gasteiger partial charge in [0.25, 0.3) is 0 Å². The average molecular weight is 361 g/mol. The molecule has 1 aromatic heterocycles. The molecule has 0 N–H and O–H groups in total. The minimum atomic E-state index is 0.471. The van der Waals surface area contributed by atoms with Crippen LogP contribution in [0.2, 0.25) is 0 Å². The van der Waals surface area contributed by atoms with Gasteiger partial charge in [-0.15, -0.1) is 0 Å². The molecular weight excluding hydrogens is 336 g/mol. The van der Waals surface area contributed by atoms with E-state index < -0.39 is 0 Å². The first-order valence-corrected chi connectivity index (χ1v) is 10.3. The molecule has 132 valence electrons. The van der Waals surface area contributed by atoms with E-state index in [0.717, 1.165) is 30.1 Å². The van der Waals surface area contributed by atoms with E-state index in [9.17, 15) is 0 Å². The lowest BCUT2D eigenvalue weighted by molar-refractivity contribution is 0.794. The zero-order chi connectivity index (χ0) is 17.9. The first kappa shape index (κ1) is 17.2. The van der Waals surface area contributed by atoms with Crippen molar-refractivity contribution in [3.63, 3.8) is 0 Å². The van der Waals surface area contributed by atoms with Crippen LogP contribution in [0.1, 0.15) is 37.9 Å². The van der Waals surface area contributed by atoms with Crippen molar-refractivity contribution in [1.29, 1.82) is 0 Å². The average Bonchev–Trinajstić information content (AvgIpc) is 3.07. The van der Waals surface area contributed by atoms with Crippen LogP contribution in [0, 0.1) is 0 Å². The van der Waals surface area contributed by atoms with E-state index in [4.69, 9.17) is 4.98 Å². The molecule has 1 aliphatic heterocycles. The molecule has 0 saturated heterocycles. The van der Waals surface area contributed by atoms with Gasteiger partial charge in [0.2, 0.25) is 0 Å². The molecule has 0 spiro atoms. The molecule has 0 saturated carbocycles. The standard InChI is InChI=1S/C23H24N2S/c1-3-11-20-22(18-14-9-6-10-15-18)24-23-25(20)21(16-19(4-2)26-23)17-12-7-5-8-13-17/h5-10,12-16,19H,3-4,11H2,1-2H3/t19-/m1/s1. The van der Waals surface area contributed by atoms with Gasteiger partial charge in [-0.2, -0.15) is 0 Å². The summed E-state index contributed by atoms with van der Waals surface area (Å²) in [5, 5.41) is 1.60. The summed E-state index contributed by atoms with van der Waals surface area (Å²) < 4.78 is 2.40. The Balaban J connectivity index is 1.92. The molecule has 0 radical (unpaired) electrons. The number of hydrogen-bond donors (Lipinski definition) is 0. The fraction of sp³-hybridized carbons (Fsp3) is 0.261. The van der Waals surface area contributed by atoms with Gasteiger partial charge in [0, 0.05) is 10.8 Å². The van der Waals surface area contributed by atoms with E-state index in [0.29, 0.717) is 5.25 Å². The molecule has 0 unspecified atom stereocenters. The van der Waals surface area contributed by atoms with Crippen molar-refractivity contribution >= 4 is 17.5 Å². The maximum absolute atomic E-state index is 5.10. The van der Waals surface area contributed by atoms with Gasteiger partial charge >= 0.3 is 0 Å². The Bertz CT molecular complexity index is 910. The molecule has 2 heterocycles. The molecule has 2 nitrogen and oxygen atoms in total. The van der Waals surface area contributed by atoms with Crippen LogP contribution in [0.4, 0.5) is 0 Å². The lowest BCUT2D eigenvalue weighted by Gasteiger charge is -2.24. The predicted octanol–water partition coefficient (Wildman–Crippen LogP) is 6.28. The molecule has 3 aromatic rings. The Morgan fingerprint density at radius 1 is 0.923 bits per heavy atom. The molecule has 1 atom stereocenters. The van der Waals surface area contributed by atoms with Crippen LogP contribution in [0.5, 0.6) is 0 Å². The number of hydrogen-bond acceptors (Lipinski definition) is 2. The molecule has 0 amide bonds. The van der Waals surface area contributed by atoms with Crippen LogP contribution in [0.15, 0.2) is 71.9 Å². The van der Waals surface area contributed by atoms with E-state index in [2.05, 4.69) is 85.2 Å². The van der Waals surface area contributed by atoms with E-state index in [1.807, 2.05) is 11.8 Å². The SMILES string of the molecule is CCCc1c(-c2ccccc2)nc2n1C(c1ccccc1)=C[C@@H](CC)S2. The maximum atomic E-state index is 5.10. The van der Waals surface area contributed by atoms with Gasteiger partial charge < -0.3 is 0 Å². The van der Waals surface area contributed by atoms with Crippen molar-refractivity contribution in [3.05, 3.63) is 78.0 Å². The van der Waals surface area contributed by atoms with Crippen LogP contribution < -0.4 is 0 Å².